The third-order valence-corrected chi connectivity index (χ3v) is 5.27. The largest absolute Gasteiger partial charge is 0.384 e. The van der Waals surface area contributed by atoms with Crippen LogP contribution in [-0.4, -0.2) is 56.7 Å². The Labute approximate surface area is 122 Å². The van der Waals surface area contributed by atoms with Crippen molar-refractivity contribution < 1.29 is 9.53 Å². The number of methoxy groups -OCH3 is 1. The van der Waals surface area contributed by atoms with Gasteiger partial charge in [-0.15, -0.1) is 0 Å². The Morgan fingerprint density at radius 1 is 1.50 bits per heavy atom. The Bertz CT molecular complexity index is 337. The molecule has 1 saturated carbocycles. The number of nitrogens with two attached hydrogens (primary N) is 1. The highest BCUT2D eigenvalue weighted by atomic mass is 16.5. The maximum absolute atomic E-state index is 11.8. The fraction of sp³-hybridized carbons (Fsp3) is 0.933. The summed E-state index contributed by atoms with van der Waals surface area (Å²) in [5, 5.41) is 3.22. The number of ether oxygens (including phenoxy) is 1. The molecule has 2 rings (SSSR count). The predicted octanol–water partition coefficient (Wildman–Crippen LogP) is 0.588. The van der Waals surface area contributed by atoms with Crippen molar-refractivity contribution in [3.63, 3.8) is 0 Å². The number of primary amides is 1. The van der Waals surface area contributed by atoms with E-state index in [1.165, 1.54) is 6.42 Å². The summed E-state index contributed by atoms with van der Waals surface area (Å²) in [5.74, 6) is 0.876. The maximum Gasteiger partial charge on any atom is 0.238 e. The number of likely N-dealkylation sites (N-methyl/N-ethyl adjacent to an activating group) is 1. The fourth-order valence-corrected chi connectivity index (χ4v) is 4.07. The van der Waals surface area contributed by atoms with Crippen molar-refractivity contribution in [3.8, 4) is 0 Å². The maximum atomic E-state index is 11.8. The summed E-state index contributed by atoms with van der Waals surface area (Å²) in [6.07, 6.45) is 5.38. The van der Waals surface area contributed by atoms with E-state index in [0.29, 0.717) is 11.8 Å². The van der Waals surface area contributed by atoms with E-state index in [4.69, 9.17) is 10.5 Å². The summed E-state index contributed by atoms with van der Waals surface area (Å²) in [4.78, 5) is 14.3. The first-order chi connectivity index (χ1) is 9.62. The van der Waals surface area contributed by atoms with Gasteiger partial charge in [0.1, 0.15) is 5.54 Å². The Balaban J connectivity index is 1.83. The number of amides is 1. The molecule has 1 saturated heterocycles. The van der Waals surface area contributed by atoms with Crippen LogP contribution in [0, 0.1) is 11.8 Å². The first-order valence-electron chi connectivity index (χ1n) is 7.82. The average molecular weight is 283 g/mol. The lowest BCUT2D eigenvalue weighted by Crippen LogP contribution is -2.56. The topological polar surface area (TPSA) is 67.6 Å². The molecule has 5 nitrogen and oxygen atoms in total. The normalized spacial score (nSPS) is 34.7. The fourth-order valence-electron chi connectivity index (χ4n) is 4.07. The zero-order valence-corrected chi connectivity index (χ0v) is 12.9. The highest BCUT2D eigenvalue weighted by molar-refractivity contribution is 5.85. The minimum absolute atomic E-state index is 0.179. The van der Waals surface area contributed by atoms with Gasteiger partial charge >= 0.3 is 0 Å². The van der Waals surface area contributed by atoms with Gasteiger partial charge in [0.15, 0.2) is 0 Å². The number of hydrogen-bond donors (Lipinski definition) is 2. The van der Waals surface area contributed by atoms with Gasteiger partial charge in [-0.3, -0.25) is 4.79 Å². The molecule has 3 unspecified atom stereocenters. The van der Waals surface area contributed by atoms with Gasteiger partial charge in [-0.25, -0.2) is 0 Å². The molecule has 2 aliphatic rings. The van der Waals surface area contributed by atoms with E-state index in [1.807, 2.05) is 7.05 Å². The molecule has 0 spiro atoms. The third kappa shape index (κ3) is 3.15. The Hall–Kier alpha value is -0.650. The number of nitrogens with one attached hydrogen (secondary N) is 1. The van der Waals surface area contributed by atoms with Gasteiger partial charge in [-0.1, -0.05) is 6.42 Å². The molecule has 2 fully saturated rings. The molecule has 20 heavy (non-hydrogen) atoms. The van der Waals surface area contributed by atoms with Gasteiger partial charge in [0.2, 0.25) is 5.91 Å². The molecular formula is C15H29N3O2. The smallest absolute Gasteiger partial charge is 0.238 e. The molecule has 1 heterocycles. The van der Waals surface area contributed by atoms with E-state index in [0.717, 1.165) is 51.9 Å². The monoisotopic (exact) mass is 283 g/mol. The number of carbonyl (C=O) groups excluding carboxylic acids is 1. The number of hydrogen-bond acceptors (Lipinski definition) is 4. The molecule has 3 atom stereocenters. The summed E-state index contributed by atoms with van der Waals surface area (Å²) in [5.41, 5.74) is 5.18. The average Bonchev–Trinajstić information content (AvgIpc) is 3.03. The Morgan fingerprint density at radius 3 is 2.95 bits per heavy atom. The predicted molar refractivity (Wildman–Crippen MR) is 79.4 cm³/mol. The molecule has 116 valence electrons. The Morgan fingerprint density at radius 2 is 2.30 bits per heavy atom. The first kappa shape index (κ1) is 15.7. The van der Waals surface area contributed by atoms with E-state index in [1.54, 1.807) is 7.11 Å². The first-order valence-corrected chi connectivity index (χ1v) is 7.82. The van der Waals surface area contributed by atoms with Crippen LogP contribution in [0.15, 0.2) is 0 Å². The van der Waals surface area contributed by atoms with Crippen LogP contribution in [0.5, 0.6) is 0 Å². The van der Waals surface area contributed by atoms with Crippen molar-refractivity contribution in [1.82, 2.24) is 10.2 Å². The summed E-state index contributed by atoms with van der Waals surface area (Å²) in [7, 11) is 3.64. The third-order valence-electron chi connectivity index (χ3n) is 5.27. The van der Waals surface area contributed by atoms with Crippen molar-refractivity contribution >= 4 is 5.91 Å². The quantitative estimate of drug-likeness (QED) is 0.717. The molecule has 5 heteroatoms. The van der Waals surface area contributed by atoms with Gasteiger partial charge in [0.05, 0.1) is 6.61 Å². The standard InChI is InChI=1S/C15H29N3O2/c1-17-15(14(16)19)7-3-4-13(15)6-9-18-8-5-12(10-18)11-20-2/h12-13,17H,3-11H2,1-2H3,(H2,16,19). The van der Waals surface area contributed by atoms with Crippen molar-refractivity contribution in [2.75, 3.05) is 40.4 Å². The molecule has 1 aliphatic heterocycles. The summed E-state index contributed by atoms with van der Waals surface area (Å²) in [6, 6.07) is 0. The van der Waals surface area contributed by atoms with Crippen molar-refractivity contribution in [3.05, 3.63) is 0 Å². The molecule has 0 aromatic rings. The van der Waals surface area contributed by atoms with E-state index in [-0.39, 0.29) is 5.91 Å². The van der Waals surface area contributed by atoms with Gasteiger partial charge in [0, 0.05) is 13.7 Å². The number of carbonyl (C=O) groups is 1. The van der Waals surface area contributed by atoms with Crippen LogP contribution in [0.2, 0.25) is 0 Å². The van der Waals surface area contributed by atoms with Crippen molar-refractivity contribution in [1.29, 1.82) is 0 Å². The second kappa shape index (κ2) is 6.87. The SMILES string of the molecule is CNC1(C(N)=O)CCCC1CCN1CCC(COC)C1. The summed E-state index contributed by atoms with van der Waals surface area (Å²) >= 11 is 0. The molecule has 3 N–H and O–H groups in total. The zero-order valence-electron chi connectivity index (χ0n) is 12.9. The van der Waals surface area contributed by atoms with Crippen LogP contribution in [0.1, 0.15) is 32.1 Å². The number of rotatable bonds is 7. The minimum Gasteiger partial charge on any atom is -0.384 e. The molecule has 0 radical (unpaired) electrons. The van der Waals surface area contributed by atoms with Gasteiger partial charge in [-0.05, 0) is 57.7 Å². The number of nitrogens with zero attached hydrogens (tertiary/aromatic N) is 1. The van der Waals surface area contributed by atoms with Crippen LogP contribution in [0.4, 0.5) is 0 Å². The van der Waals surface area contributed by atoms with E-state index < -0.39 is 5.54 Å². The second-order valence-corrected chi connectivity index (χ2v) is 6.37. The van der Waals surface area contributed by atoms with Crippen molar-refractivity contribution in [2.45, 2.75) is 37.6 Å². The van der Waals surface area contributed by atoms with Gasteiger partial charge in [0.25, 0.3) is 0 Å². The molecule has 1 amide bonds. The number of likely N-dealkylation sites (tertiary alicyclic amines) is 1. The lowest BCUT2D eigenvalue weighted by Gasteiger charge is -2.33. The zero-order chi connectivity index (χ0) is 14.6. The Kier molecular flexibility index (Phi) is 5.41. The van der Waals surface area contributed by atoms with Gasteiger partial charge in [-0.2, -0.15) is 0 Å². The molecule has 0 aromatic carbocycles. The van der Waals surface area contributed by atoms with Crippen molar-refractivity contribution in [2.24, 2.45) is 17.6 Å². The van der Waals surface area contributed by atoms with Crippen LogP contribution in [0.25, 0.3) is 0 Å². The highest BCUT2D eigenvalue weighted by Gasteiger charge is 2.46. The highest BCUT2D eigenvalue weighted by Crippen LogP contribution is 2.38. The second-order valence-electron chi connectivity index (χ2n) is 6.37. The summed E-state index contributed by atoms with van der Waals surface area (Å²) < 4.78 is 5.24. The van der Waals surface area contributed by atoms with E-state index in [9.17, 15) is 4.79 Å². The molecule has 1 aliphatic carbocycles. The molecule has 0 bridgehead atoms. The van der Waals surface area contributed by atoms with E-state index >= 15 is 0 Å². The van der Waals surface area contributed by atoms with E-state index in [2.05, 4.69) is 10.2 Å². The molecular weight excluding hydrogens is 254 g/mol. The summed E-state index contributed by atoms with van der Waals surface area (Å²) in [6.45, 7) is 4.22. The van der Waals surface area contributed by atoms with Gasteiger partial charge < -0.3 is 20.7 Å². The van der Waals surface area contributed by atoms with Crippen LogP contribution >= 0.6 is 0 Å². The molecule has 0 aromatic heterocycles. The lowest BCUT2D eigenvalue weighted by molar-refractivity contribution is -0.125. The van der Waals surface area contributed by atoms with Crippen LogP contribution in [-0.2, 0) is 9.53 Å². The van der Waals surface area contributed by atoms with Crippen LogP contribution < -0.4 is 11.1 Å². The van der Waals surface area contributed by atoms with Crippen LogP contribution in [0.3, 0.4) is 0 Å². The minimum atomic E-state index is -0.467. The lowest BCUT2D eigenvalue weighted by atomic mass is 9.84.